The van der Waals surface area contributed by atoms with Gasteiger partial charge in [-0.2, -0.15) is 0 Å². The lowest BCUT2D eigenvalue weighted by Gasteiger charge is -2.08. The number of aryl methyl sites for hydroxylation is 1. The number of hydrogen-bond acceptors (Lipinski definition) is 6. The second kappa shape index (κ2) is 4.41. The van der Waals surface area contributed by atoms with Crippen molar-refractivity contribution in [3.8, 4) is 0 Å². The highest BCUT2D eigenvalue weighted by atomic mass is 32.1. The zero-order valence-corrected chi connectivity index (χ0v) is 10.7. The van der Waals surface area contributed by atoms with Crippen LogP contribution in [0.25, 0.3) is 0 Å². The second-order valence-electron chi connectivity index (χ2n) is 4.05. The lowest BCUT2D eigenvalue weighted by Crippen LogP contribution is -2.25. The number of anilines is 1. The molecule has 7 heteroatoms. The smallest absolute Gasteiger partial charge is 0.336 e. The molecular weight excluding hydrogens is 256 g/mol. The van der Waals surface area contributed by atoms with Gasteiger partial charge in [-0.15, -0.1) is 11.3 Å². The minimum Gasteiger partial charge on any atom is -0.392 e. The van der Waals surface area contributed by atoms with E-state index < -0.39 is 23.9 Å². The predicted molar refractivity (Wildman–Crippen MR) is 65.4 cm³/mol. The molecule has 0 aromatic carbocycles. The standard InChI is InChI=1S/C11H12N2O4S/c1-4-5(2)18-10(8(4)9(12)15)13-6-3-7(14)17-11(6)16/h6,13H,3H2,1-2H3,(H2,12,15). The second-order valence-corrected chi connectivity index (χ2v) is 5.27. The summed E-state index contributed by atoms with van der Waals surface area (Å²) in [5, 5.41) is 3.36. The van der Waals surface area contributed by atoms with Crippen molar-refractivity contribution in [2.75, 3.05) is 5.32 Å². The molecule has 1 fully saturated rings. The molecule has 3 N–H and O–H groups in total. The van der Waals surface area contributed by atoms with Gasteiger partial charge < -0.3 is 15.8 Å². The van der Waals surface area contributed by atoms with E-state index in [1.54, 1.807) is 6.92 Å². The van der Waals surface area contributed by atoms with Gasteiger partial charge in [0.2, 0.25) is 0 Å². The van der Waals surface area contributed by atoms with Crippen molar-refractivity contribution in [1.82, 2.24) is 0 Å². The minimum atomic E-state index is -0.743. The molecule has 1 aromatic heterocycles. The zero-order chi connectivity index (χ0) is 13.4. The van der Waals surface area contributed by atoms with Crippen LogP contribution in [0, 0.1) is 13.8 Å². The maximum absolute atomic E-state index is 11.4. The molecule has 1 aliphatic heterocycles. The zero-order valence-electron chi connectivity index (χ0n) is 9.90. The number of nitrogens with two attached hydrogens (primary N) is 1. The molecule has 0 aliphatic carbocycles. The third-order valence-corrected chi connectivity index (χ3v) is 3.95. The first-order valence-electron chi connectivity index (χ1n) is 5.31. The van der Waals surface area contributed by atoms with Gasteiger partial charge in [0.15, 0.2) is 0 Å². The first kappa shape index (κ1) is 12.6. The number of cyclic esters (lactones) is 2. The Morgan fingerprint density at radius 3 is 2.61 bits per heavy atom. The fourth-order valence-electron chi connectivity index (χ4n) is 1.77. The number of primary amides is 1. The maximum atomic E-state index is 11.4. The quantitative estimate of drug-likeness (QED) is 0.621. The molecule has 1 aromatic rings. The number of nitrogens with one attached hydrogen (secondary N) is 1. The lowest BCUT2D eigenvalue weighted by atomic mass is 10.1. The number of esters is 2. The summed E-state index contributed by atoms with van der Waals surface area (Å²) in [5.74, 6) is -1.75. The average Bonchev–Trinajstić information content (AvgIpc) is 2.69. The fourth-order valence-corrected chi connectivity index (χ4v) is 2.89. The molecule has 1 unspecified atom stereocenters. The van der Waals surface area contributed by atoms with Crippen LogP contribution >= 0.6 is 11.3 Å². The number of carbonyl (C=O) groups excluding carboxylic acids is 3. The van der Waals surface area contributed by atoms with E-state index in [1.807, 2.05) is 6.92 Å². The molecule has 2 rings (SSSR count). The Hall–Kier alpha value is -1.89. The van der Waals surface area contributed by atoms with Crippen molar-refractivity contribution in [2.45, 2.75) is 26.3 Å². The van der Waals surface area contributed by atoms with Gasteiger partial charge in [0, 0.05) is 4.88 Å². The lowest BCUT2D eigenvalue weighted by molar-refractivity contribution is -0.152. The van der Waals surface area contributed by atoms with E-state index in [9.17, 15) is 14.4 Å². The summed E-state index contributed by atoms with van der Waals surface area (Å²) in [5.41, 5.74) is 6.46. The molecule has 0 saturated carbocycles. The summed E-state index contributed by atoms with van der Waals surface area (Å²) in [7, 11) is 0. The van der Waals surface area contributed by atoms with Crippen LogP contribution in [0.4, 0.5) is 5.00 Å². The van der Waals surface area contributed by atoms with Crippen LogP contribution in [0.5, 0.6) is 0 Å². The van der Waals surface area contributed by atoms with Crippen molar-refractivity contribution in [2.24, 2.45) is 5.73 Å². The van der Waals surface area contributed by atoms with E-state index in [2.05, 4.69) is 10.1 Å². The molecule has 0 radical (unpaired) electrons. The van der Waals surface area contributed by atoms with Crippen molar-refractivity contribution in [3.05, 3.63) is 16.0 Å². The van der Waals surface area contributed by atoms with Gasteiger partial charge in [0.05, 0.1) is 12.0 Å². The summed E-state index contributed by atoms with van der Waals surface area (Å²) < 4.78 is 4.43. The van der Waals surface area contributed by atoms with Gasteiger partial charge in [0.25, 0.3) is 5.91 Å². The van der Waals surface area contributed by atoms with Gasteiger partial charge in [0.1, 0.15) is 11.0 Å². The minimum absolute atomic E-state index is 0.0347. The Morgan fingerprint density at radius 2 is 2.11 bits per heavy atom. The van der Waals surface area contributed by atoms with Crippen LogP contribution in [-0.2, 0) is 14.3 Å². The molecule has 18 heavy (non-hydrogen) atoms. The molecular formula is C11H12N2O4S. The molecule has 1 aliphatic rings. The van der Waals surface area contributed by atoms with E-state index in [0.29, 0.717) is 10.6 Å². The van der Waals surface area contributed by atoms with E-state index in [-0.39, 0.29) is 6.42 Å². The van der Waals surface area contributed by atoms with Crippen LogP contribution in [0.2, 0.25) is 0 Å². The van der Waals surface area contributed by atoms with Gasteiger partial charge in [-0.3, -0.25) is 9.59 Å². The van der Waals surface area contributed by atoms with Gasteiger partial charge >= 0.3 is 11.9 Å². The number of carbonyl (C=O) groups is 3. The SMILES string of the molecule is Cc1sc(NC2CC(=O)OC2=O)c(C(N)=O)c1C. The van der Waals surface area contributed by atoms with Crippen molar-refractivity contribution in [3.63, 3.8) is 0 Å². The van der Waals surface area contributed by atoms with Gasteiger partial charge in [-0.1, -0.05) is 0 Å². The molecule has 2 heterocycles. The molecule has 1 saturated heterocycles. The van der Waals surface area contributed by atoms with E-state index in [1.165, 1.54) is 11.3 Å². The highest BCUT2D eigenvalue weighted by molar-refractivity contribution is 7.16. The van der Waals surface area contributed by atoms with Crippen LogP contribution < -0.4 is 11.1 Å². The third-order valence-electron chi connectivity index (χ3n) is 2.81. The van der Waals surface area contributed by atoms with Crippen LogP contribution in [-0.4, -0.2) is 23.9 Å². The van der Waals surface area contributed by atoms with Crippen LogP contribution in [0.15, 0.2) is 0 Å². The van der Waals surface area contributed by atoms with Crippen LogP contribution in [0.3, 0.4) is 0 Å². The molecule has 1 atom stereocenters. The van der Waals surface area contributed by atoms with E-state index >= 15 is 0 Å². The first-order valence-corrected chi connectivity index (χ1v) is 6.12. The van der Waals surface area contributed by atoms with Crippen molar-refractivity contribution in [1.29, 1.82) is 0 Å². The number of ether oxygens (including phenoxy) is 1. The van der Waals surface area contributed by atoms with E-state index in [0.717, 1.165) is 10.4 Å². The molecule has 1 amide bonds. The average molecular weight is 268 g/mol. The number of rotatable bonds is 3. The molecule has 96 valence electrons. The maximum Gasteiger partial charge on any atom is 0.336 e. The number of hydrogen-bond donors (Lipinski definition) is 2. The van der Waals surface area contributed by atoms with Gasteiger partial charge in [-0.25, -0.2) is 4.79 Å². The Labute approximate surface area is 107 Å². The number of thiophene rings is 1. The summed E-state index contributed by atoms with van der Waals surface area (Å²) in [6.07, 6.45) is -0.0347. The normalized spacial score (nSPS) is 18.9. The molecule has 0 spiro atoms. The topological polar surface area (TPSA) is 98.5 Å². The summed E-state index contributed by atoms with van der Waals surface area (Å²) >= 11 is 1.33. The third kappa shape index (κ3) is 2.08. The van der Waals surface area contributed by atoms with Gasteiger partial charge in [-0.05, 0) is 19.4 Å². The van der Waals surface area contributed by atoms with Crippen LogP contribution in [0.1, 0.15) is 27.2 Å². The highest BCUT2D eigenvalue weighted by Gasteiger charge is 2.34. The molecule has 6 nitrogen and oxygen atoms in total. The largest absolute Gasteiger partial charge is 0.392 e. The monoisotopic (exact) mass is 268 g/mol. The summed E-state index contributed by atoms with van der Waals surface area (Å²) in [6, 6.07) is -0.743. The van der Waals surface area contributed by atoms with Crippen molar-refractivity contribution >= 4 is 34.2 Å². The first-order chi connectivity index (χ1) is 8.40. The fraction of sp³-hybridized carbons (Fsp3) is 0.364. The number of amides is 1. The summed E-state index contributed by atoms with van der Waals surface area (Å²) in [4.78, 5) is 34.6. The Bertz CT molecular complexity index is 549. The van der Waals surface area contributed by atoms with E-state index in [4.69, 9.17) is 5.73 Å². The Morgan fingerprint density at radius 1 is 1.44 bits per heavy atom. The van der Waals surface area contributed by atoms with Crippen molar-refractivity contribution < 1.29 is 19.1 Å². The highest BCUT2D eigenvalue weighted by Crippen LogP contribution is 2.33. The predicted octanol–water partition coefficient (Wildman–Crippen LogP) is 0.718. The summed E-state index contributed by atoms with van der Waals surface area (Å²) in [6.45, 7) is 3.64. The Kier molecular flexibility index (Phi) is 3.08. The molecule has 0 bridgehead atoms. The Balaban J connectivity index is 2.29.